The van der Waals surface area contributed by atoms with Gasteiger partial charge in [-0.15, -0.1) is 11.3 Å². The molecule has 0 bridgehead atoms. The Hall–Kier alpha value is -1.58. The van der Waals surface area contributed by atoms with E-state index in [1.165, 1.54) is 23.1 Å². The Morgan fingerprint density at radius 2 is 2.33 bits per heavy atom. The standard InChI is InChI=1S/C15H22N4O3S2/c1-23-9-13(20)19-5-4-17-12(8-19)15(22)18-11(14(16)21)7-10-3-2-6-24-10/h2-3,6,11-12,17H,4-5,7-9H2,1H3,(H2,16,21)(H,18,22). The topological polar surface area (TPSA) is 105 Å². The highest BCUT2D eigenvalue weighted by atomic mass is 32.2. The minimum absolute atomic E-state index is 0.0202. The lowest BCUT2D eigenvalue weighted by atomic mass is 10.1. The summed E-state index contributed by atoms with van der Waals surface area (Å²) in [4.78, 5) is 38.7. The monoisotopic (exact) mass is 370 g/mol. The largest absolute Gasteiger partial charge is 0.368 e. The molecule has 2 unspecified atom stereocenters. The number of amides is 3. The number of thiophene rings is 1. The van der Waals surface area contributed by atoms with Crippen LogP contribution in [-0.4, -0.2) is 66.3 Å². The lowest BCUT2D eigenvalue weighted by Gasteiger charge is -2.33. The van der Waals surface area contributed by atoms with E-state index in [-0.39, 0.29) is 11.8 Å². The molecule has 0 spiro atoms. The maximum atomic E-state index is 12.4. The quantitative estimate of drug-likeness (QED) is 0.596. The highest BCUT2D eigenvalue weighted by Crippen LogP contribution is 2.11. The summed E-state index contributed by atoms with van der Waals surface area (Å²) >= 11 is 2.97. The molecule has 0 saturated carbocycles. The number of piperazine rings is 1. The van der Waals surface area contributed by atoms with E-state index in [0.717, 1.165) is 4.88 Å². The summed E-state index contributed by atoms with van der Waals surface area (Å²) in [6.07, 6.45) is 2.24. The van der Waals surface area contributed by atoms with E-state index in [2.05, 4.69) is 10.6 Å². The average molecular weight is 371 g/mol. The third-order valence-corrected chi connectivity index (χ3v) is 5.19. The molecule has 1 aromatic rings. The molecule has 1 aliphatic heterocycles. The van der Waals surface area contributed by atoms with Crippen LogP contribution in [0.2, 0.25) is 0 Å². The first-order chi connectivity index (χ1) is 11.5. The van der Waals surface area contributed by atoms with Gasteiger partial charge in [0.2, 0.25) is 17.7 Å². The Labute approximate surface area is 149 Å². The number of carbonyl (C=O) groups excluding carboxylic acids is 3. The van der Waals surface area contributed by atoms with E-state index < -0.39 is 18.0 Å². The van der Waals surface area contributed by atoms with Gasteiger partial charge in [-0.2, -0.15) is 11.8 Å². The van der Waals surface area contributed by atoms with Crippen molar-refractivity contribution in [3.8, 4) is 0 Å². The van der Waals surface area contributed by atoms with E-state index in [1.807, 2.05) is 23.8 Å². The van der Waals surface area contributed by atoms with Crippen LogP contribution in [0.4, 0.5) is 0 Å². The molecule has 1 aromatic heterocycles. The molecule has 1 fully saturated rings. The molecular weight excluding hydrogens is 348 g/mol. The zero-order valence-electron chi connectivity index (χ0n) is 13.5. The molecule has 2 rings (SSSR count). The highest BCUT2D eigenvalue weighted by molar-refractivity contribution is 7.99. The Balaban J connectivity index is 1.93. The van der Waals surface area contributed by atoms with Crippen LogP contribution in [-0.2, 0) is 20.8 Å². The fraction of sp³-hybridized carbons (Fsp3) is 0.533. The van der Waals surface area contributed by atoms with Crippen molar-refractivity contribution in [3.63, 3.8) is 0 Å². The number of carbonyl (C=O) groups is 3. The number of nitrogens with one attached hydrogen (secondary N) is 2. The Kier molecular flexibility index (Phi) is 7.07. The van der Waals surface area contributed by atoms with Crippen LogP contribution >= 0.6 is 23.1 Å². The molecule has 4 N–H and O–H groups in total. The summed E-state index contributed by atoms with van der Waals surface area (Å²) in [6, 6.07) is 2.50. The molecule has 3 amide bonds. The zero-order valence-corrected chi connectivity index (χ0v) is 15.1. The predicted octanol–water partition coefficient (Wildman–Crippen LogP) is -0.576. The normalized spacial score (nSPS) is 18.9. The number of thioether (sulfide) groups is 1. The van der Waals surface area contributed by atoms with Crippen LogP contribution in [0.15, 0.2) is 17.5 Å². The second kappa shape index (κ2) is 9.05. The second-order valence-corrected chi connectivity index (χ2v) is 7.42. The molecule has 0 aromatic carbocycles. The maximum absolute atomic E-state index is 12.4. The first-order valence-corrected chi connectivity index (χ1v) is 9.90. The molecule has 9 heteroatoms. The van der Waals surface area contributed by atoms with Crippen molar-refractivity contribution in [1.29, 1.82) is 0 Å². The molecule has 2 atom stereocenters. The van der Waals surface area contributed by atoms with E-state index in [9.17, 15) is 14.4 Å². The van der Waals surface area contributed by atoms with Crippen LogP contribution in [0.25, 0.3) is 0 Å². The molecule has 132 valence electrons. The Morgan fingerprint density at radius 3 is 2.96 bits per heavy atom. The lowest BCUT2D eigenvalue weighted by molar-refractivity contribution is -0.133. The van der Waals surface area contributed by atoms with Crippen molar-refractivity contribution in [2.45, 2.75) is 18.5 Å². The Morgan fingerprint density at radius 1 is 1.54 bits per heavy atom. The number of primary amides is 1. The molecule has 0 aliphatic carbocycles. The average Bonchev–Trinajstić information content (AvgIpc) is 3.07. The molecule has 7 nitrogen and oxygen atoms in total. The molecule has 1 saturated heterocycles. The fourth-order valence-electron chi connectivity index (χ4n) is 2.49. The van der Waals surface area contributed by atoms with Gasteiger partial charge in [-0.25, -0.2) is 0 Å². The van der Waals surface area contributed by atoms with E-state index in [1.54, 1.807) is 4.90 Å². The second-order valence-electron chi connectivity index (χ2n) is 5.53. The summed E-state index contributed by atoms with van der Waals surface area (Å²) in [6.45, 7) is 1.43. The van der Waals surface area contributed by atoms with Crippen molar-refractivity contribution < 1.29 is 14.4 Å². The summed E-state index contributed by atoms with van der Waals surface area (Å²) in [7, 11) is 0. The SMILES string of the molecule is CSCC(=O)N1CCNC(C(=O)NC(Cc2cccs2)C(N)=O)C1. The third-order valence-electron chi connectivity index (χ3n) is 3.76. The smallest absolute Gasteiger partial charge is 0.240 e. The van der Waals surface area contributed by atoms with Gasteiger partial charge < -0.3 is 21.3 Å². The minimum Gasteiger partial charge on any atom is -0.368 e. The van der Waals surface area contributed by atoms with Crippen LogP contribution in [0, 0.1) is 0 Å². The summed E-state index contributed by atoms with van der Waals surface area (Å²) in [5.41, 5.74) is 5.41. The van der Waals surface area contributed by atoms with Crippen molar-refractivity contribution in [2.24, 2.45) is 5.73 Å². The van der Waals surface area contributed by atoms with Crippen LogP contribution in [0.1, 0.15) is 4.88 Å². The van der Waals surface area contributed by atoms with Crippen LogP contribution in [0.3, 0.4) is 0 Å². The molecule has 24 heavy (non-hydrogen) atoms. The van der Waals surface area contributed by atoms with Crippen molar-refractivity contribution in [3.05, 3.63) is 22.4 Å². The van der Waals surface area contributed by atoms with Gasteiger partial charge in [-0.05, 0) is 17.7 Å². The van der Waals surface area contributed by atoms with Crippen LogP contribution in [0.5, 0.6) is 0 Å². The summed E-state index contributed by atoms with van der Waals surface area (Å²) in [5, 5.41) is 7.70. The fourth-order valence-corrected chi connectivity index (χ4v) is 3.67. The van der Waals surface area contributed by atoms with E-state index in [4.69, 9.17) is 5.73 Å². The molecule has 0 radical (unpaired) electrons. The van der Waals surface area contributed by atoms with Gasteiger partial charge in [-0.3, -0.25) is 14.4 Å². The number of hydrogen-bond donors (Lipinski definition) is 3. The van der Waals surface area contributed by atoms with Gasteiger partial charge in [0, 0.05) is 30.9 Å². The summed E-state index contributed by atoms with van der Waals surface area (Å²) < 4.78 is 0. The van der Waals surface area contributed by atoms with Gasteiger partial charge in [0.05, 0.1) is 5.75 Å². The zero-order chi connectivity index (χ0) is 17.5. The first-order valence-electron chi connectivity index (χ1n) is 7.63. The maximum Gasteiger partial charge on any atom is 0.240 e. The van der Waals surface area contributed by atoms with Crippen molar-refractivity contribution in [1.82, 2.24) is 15.5 Å². The number of rotatable bonds is 7. The van der Waals surface area contributed by atoms with E-state index in [0.29, 0.717) is 31.8 Å². The van der Waals surface area contributed by atoms with Gasteiger partial charge >= 0.3 is 0 Å². The van der Waals surface area contributed by atoms with Crippen molar-refractivity contribution >= 4 is 40.8 Å². The first kappa shape index (κ1) is 18.8. The number of nitrogens with two attached hydrogens (primary N) is 1. The lowest BCUT2D eigenvalue weighted by Crippen LogP contribution is -2.60. The van der Waals surface area contributed by atoms with Gasteiger partial charge in [0.1, 0.15) is 12.1 Å². The van der Waals surface area contributed by atoms with Crippen LogP contribution < -0.4 is 16.4 Å². The Bertz CT molecular complexity index is 579. The number of hydrogen-bond acceptors (Lipinski definition) is 6. The molecule has 2 heterocycles. The number of nitrogens with zero attached hydrogens (tertiary/aromatic N) is 1. The van der Waals surface area contributed by atoms with Gasteiger partial charge in [0.25, 0.3) is 0 Å². The molecule has 1 aliphatic rings. The predicted molar refractivity (Wildman–Crippen MR) is 95.9 cm³/mol. The van der Waals surface area contributed by atoms with Crippen molar-refractivity contribution in [2.75, 3.05) is 31.6 Å². The summed E-state index contributed by atoms with van der Waals surface area (Å²) in [5.74, 6) is -0.455. The van der Waals surface area contributed by atoms with Gasteiger partial charge in [0.15, 0.2) is 0 Å². The third kappa shape index (κ3) is 5.22. The van der Waals surface area contributed by atoms with E-state index >= 15 is 0 Å². The molecular formula is C15H22N4O3S2. The highest BCUT2D eigenvalue weighted by Gasteiger charge is 2.30. The van der Waals surface area contributed by atoms with Gasteiger partial charge in [-0.1, -0.05) is 6.07 Å². The minimum atomic E-state index is -0.754.